The summed E-state index contributed by atoms with van der Waals surface area (Å²) >= 11 is 0. The van der Waals surface area contributed by atoms with Crippen LogP contribution in [0.25, 0.3) is 0 Å². The quantitative estimate of drug-likeness (QED) is 0.299. The van der Waals surface area contributed by atoms with Crippen molar-refractivity contribution in [2.45, 2.75) is 58.2 Å². The molecule has 1 fully saturated rings. The van der Waals surface area contributed by atoms with E-state index < -0.39 is 11.7 Å². The lowest BCUT2D eigenvalue weighted by atomic mass is 9.87. The van der Waals surface area contributed by atoms with Gasteiger partial charge in [0.2, 0.25) is 5.91 Å². The SMILES string of the molecule is CC(C)Cc1cccc(C(C)C(=O)N2CCCC([C@H](Oc3ccc(C(F)(F)F)cc3)c3ccccc3)C2)c1. The van der Waals surface area contributed by atoms with E-state index in [9.17, 15) is 18.0 Å². The molecule has 3 aromatic carbocycles. The van der Waals surface area contributed by atoms with Crippen LogP contribution in [0.3, 0.4) is 0 Å². The minimum absolute atomic E-state index is 0.0110. The van der Waals surface area contributed by atoms with E-state index in [2.05, 4.69) is 26.0 Å². The van der Waals surface area contributed by atoms with Crippen LogP contribution in [0.5, 0.6) is 5.75 Å². The Kier molecular flexibility index (Phi) is 8.80. The summed E-state index contributed by atoms with van der Waals surface area (Å²) < 4.78 is 45.5. The summed E-state index contributed by atoms with van der Waals surface area (Å²) in [6.07, 6.45) is -2.10. The Balaban J connectivity index is 1.52. The molecule has 0 aliphatic carbocycles. The van der Waals surface area contributed by atoms with Crippen molar-refractivity contribution < 1.29 is 22.7 Å². The van der Waals surface area contributed by atoms with Crippen molar-refractivity contribution in [1.82, 2.24) is 4.90 Å². The Labute approximate surface area is 223 Å². The molecule has 202 valence electrons. The average molecular weight is 524 g/mol. The van der Waals surface area contributed by atoms with E-state index in [4.69, 9.17) is 4.74 Å². The molecule has 1 heterocycles. The number of halogens is 3. The zero-order valence-electron chi connectivity index (χ0n) is 22.2. The zero-order valence-corrected chi connectivity index (χ0v) is 22.2. The van der Waals surface area contributed by atoms with E-state index in [0.29, 0.717) is 24.8 Å². The normalized spacial score (nSPS) is 17.8. The van der Waals surface area contributed by atoms with Gasteiger partial charge < -0.3 is 9.64 Å². The number of rotatable bonds is 8. The lowest BCUT2D eigenvalue weighted by molar-refractivity contribution is -0.137. The molecule has 1 saturated heterocycles. The summed E-state index contributed by atoms with van der Waals surface area (Å²) in [4.78, 5) is 15.5. The second kappa shape index (κ2) is 12.1. The fraction of sp³-hybridized carbons (Fsp3) is 0.406. The van der Waals surface area contributed by atoms with Gasteiger partial charge in [-0.1, -0.05) is 68.4 Å². The Morgan fingerprint density at radius 3 is 2.29 bits per heavy atom. The number of carbonyl (C=O) groups is 1. The van der Waals surface area contributed by atoms with Crippen molar-refractivity contribution >= 4 is 5.91 Å². The van der Waals surface area contributed by atoms with Crippen molar-refractivity contribution in [2.75, 3.05) is 13.1 Å². The molecule has 0 spiro atoms. The molecule has 3 atom stereocenters. The number of likely N-dealkylation sites (tertiary alicyclic amines) is 1. The van der Waals surface area contributed by atoms with E-state index in [1.54, 1.807) is 0 Å². The first-order valence-corrected chi connectivity index (χ1v) is 13.4. The molecule has 0 radical (unpaired) electrons. The lowest BCUT2D eigenvalue weighted by Crippen LogP contribution is -2.44. The fourth-order valence-corrected chi connectivity index (χ4v) is 5.28. The number of alkyl halides is 3. The Morgan fingerprint density at radius 2 is 1.63 bits per heavy atom. The summed E-state index contributed by atoms with van der Waals surface area (Å²) in [5, 5.41) is 0. The molecule has 3 aromatic rings. The monoisotopic (exact) mass is 523 g/mol. The number of piperidine rings is 1. The first kappa shape index (κ1) is 27.7. The molecule has 1 amide bonds. The number of carbonyl (C=O) groups excluding carboxylic acids is 1. The fourth-order valence-electron chi connectivity index (χ4n) is 5.28. The Morgan fingerprint density at radius 1 is 0.947 bits per heavy atom. The largest absolute Gasteiger partial charge is 0.485 e. The third kappa shape index (κ3) is 6.97. The maximum absolute atomic E-state index is 13.6. The second-order valence-corrected chi connectivity index (χ2v) is 10.7. The van der Waals surface area contributed by atoms with Crippen LogP contribution in [0.1, 0.15) is 67.9 Å². The van der Waals surface area contributed by atoms with Crippen molar-refractivity contribution in [2.24, 2.45) is 11.8 Å². The maximum atomic E-state index is 13.6. The van der Waals surface area contributed by atoms with Crippen LogP contribution >= 0.6 is 0 Å². The van der Waals surface area contributed by atoms with Gasteiger partial charge in [0.25, 0.3) is 0 Å². The van der Waals surface area contributed by atoms with Crippen LogP contribution in [0.15, 0.2) is 78.9 Å². The van der Waals surface area contributed by atoms with Gasteiger partial charge >= 0.3 is 6.18 Å². The highest BCUT2D eigenvalue weighted by Gasteiger charge is 2.34. The number of ether oxygens (including phenoxy) is 1. The topological polar surface area (TPSA) is 29.5 Å². The summed E-state index contributed by atoms with van der Waals surface area (Å²) in [6.45, 7) is 7.56. The van der Waals surface area contributed by atoms with Gasteiger partial charge in [0, 0.05) is 19.0 Å². The van der Waals surface area contributed by atoms with Crippen LogP contribution in [-0.4, -0.2) is 23.9 Å². The number of benzene rings is 3. The van der Waals surface area contributed by atoms with E-state index >= 15 is 0 Å². The molecular weight excluding hydrogens is 487 g/mol. The van der Waals surface area contributed by atoms with Crippen LogP contribution in [0, 0.1) is 11.8 Å². The standard InChI is InChI=1S/C32H36F3NO2/c1-22(2)19-24-9-7-12-26(20-24)23(3)31(37)36-18-8-13-27(21-36)30(25-10-5-4-6-11-25)38-29-16-14-28(15-17-29)32(33,34)35/h4-7,9-12,14-17,20,22-23,27,30H,8,13,18-19,21H2,1-3H3/t23?,27?,30-/m1/s1. The maximum Gasteiger partial charge on any atom is 0.416 e. The van der Waals surface area contributed by atoms with Gasteiger partial charge in [0.1, 0.15) is 11.9 Å². The van der Waals surface area contributed by atoms with Crippen LogP contribution in [-0.2, 0) is 17.4 Å². The molecular formula is C32H36F3NO2. The van der Waals surface area contributed by atoms with Gasteiger partial charge in [-0.2, -0.15) is 13.2 Å². The third-order valence-corrected chi connectivity index (χ3v) is 7.24. The van der Waals surface area contributed by atoms with Crippen molar-refractivity contribution in [3.8, 4) is 5.75 Å². The molecule has 6 heteroatoms. The zero-order chi connectivity index (χ0) is 27.3. The molecule has 0 aromatic heterocycles. The summed E-state index contributed by atoms with van der Waals surface area (Å²) in [5.41, 5.74) is 2.50. The predicted octanol–water partition coefficient (Wildman–Crippen LogP) is 8.07. The third-order valence-electron chi connectivity index (χ3n) is 7.24. The average Bonchev–Trinajstić information content (AvgIpc) is 2.91. The molecule has 1 aliphatic rings. The first-order valence-electron chi connectivity index (χ1n) is 13.4. The summed E-state index contributed by atoms with van der Waals surface area (Å²) in [6, 6.07) is 22.9. The molecule has 38 heavy (non-hydrogen) atoms. The highest BCUT2D eigenvalue weighted by atomic mass is 19.4. The van der Waals surface area contributed by atoms with Gasteiger partial charge in [0.05, 0.1) is 11.5 Å². The minimum atomic E-state index is -4.40. The molecule has 0 saturated carbocycles. The molecule has 0 N–H and O–H groups in total. The van der Waals surface area contributed by atoms with Crippen molar-refractivity contribution in [1.29, 1.82) is 0 Å². The van der Waals surface area contributed by atoms with Gasteiger partial charge in [-0.15, -0.1) is 0 Å². The molecule has 4 rings (SSSR count). The number of nitrogens with zero attached hydrogens (tertiary/aromatic N) is 1. The number of hydrogen-bond acceptors (Lipinski definition) is 2. The van der Waals surface area contributed by atoms with Crippen molar-refractivity contribution in [3.05, 3.63) is 101 Å². The molecule has 3 nitrogen and oxygen atoms in total. The molecule has 0 bridgehead atoms. The highest BCUT2D eigenvalue weighted by molar-refractivity contribution is 5.83. The van der Waals surface area contributed by atoms with Gasteiger partial charge in [-0.05, 0) is 73.1 Å². The van der Waals surface area contributed by atoms with Crippen molar-refractivity contribution in [3.63, 3.8) is 0 Å². The summed E-state index contributed by atoms with van der Waals surface area (Å²) in [7, 11) is 0. The Bertz CT molecular complexity index is 1190. The molecule has 1 aliphatic heterocycles. The first-order chi connectivity index (χ1) is 18.1. The van der Waals surface area contributed by atoms with E-state index in [1.165, 1.54) is 17.7 Å². The predicted molar refractivity (Wildman–Crippen MR) is 144 cm³/mol. The van der Waals surface area contributed by atoms with E-state index in [1.807, 2.05) is 54.3 Å². The second-order valence-electron chi connectivity index (χ2n) is 10.7. The van der Waals surface area contributed by atoms with Crippen LogP contribution < -0.4 is 4.74 Å². The smallest absolute Gasteiger partial charge is 0.416 e. The van der Waals surface area contributed by atoms with E-state index in [-0.39, 0.29) is 23.8 Å². The van der Waals surface area contributed by atoms with Crippen LogP contribution in [0.2, 0.25) is 0 Å². The molecule has 2 unspecified atom stereocenters. The number of amides is 1. The van der Waals surface area contributed by atoms with Crippen LogP contribution in [0.4, 0.5) is 13.2 Å². The van der Waals surface area contributed by atoms with Gasteiger partial charge in [0.15, 0.2) is 0 Å². The minimum Gasteiger partial charge on any atom is -0.485 e. The van der Waals surface area contributed by atoms with Gasteiger partial charge in [-0.25, -0.2) is 0 Å². The van der Waals surface area contributed by atoms with Gasteiger partial charge in [-0.3, -0.25) is 4.79 Å². The summed E-state index contributed by atoms with van der Waals surface area (Å²) in [5.74, 6) is 0.769. The number of hydrogen-bond donors (Lipinski definition) is 0. The Hall–Kier alpha value is -3.28. The van der Waals surface area contributed by atoms with E-state index in [0.717, 1.165) is 42.5 Å². The highest BCUT2D eigenvalue weighted by Crippen LogP contribution is 2.36. The lowest BCUT2D eigenvalue weighted by Gasteiger charge is -2.38.